The normalized spacial score (nSPS) is 21.4. The summed E-state index contributed by atoms with van der Waals surface area (Å²) in [6, 6.07) is 12.7. The molecule has 3 rings (SSSR count). The third kappa shape index (κ3) is 3.26. The average Bonchev–Trinajstić information content (AvgIpc) is 3.00. The smallest absolute Gasteiger partial charge is 0.126 e. The maximum atomic E-state index is 6.08. The minimum absolute atomic E-state index is 0.377. The van der Waals surface area contributed by atoms with Gasteiger partial charge in [-0.2, -0.15) is 0 Å². The Labute approximate surface area is 132 Å². The lowest BCUT2D eigenvalue weighted by molar-refractivity contribution is 0.0378. The van der Waals surface area contributed by atoms with E-state index in [1.54, 1.807) is 7.11 Å². The van der Waals surface area contributed by atoms with Gasteiger partial charge >= 0.3 is 0 Å². The van der Waals surface area contributed by atoms with Crippen molar-refractivity contribution >= 4 is 10.8 Å². The number of ether oxygens (including phenoxy) is 2. The molecule has 1 saturated heterocycles. The first-order chi connectivity index (χ1) is 10.8. The molecule has 2 unspecified atom stereocenters. The maximum Gasteiger partial charge on any atom is 0.126 e. The molecule has 0 saturated carbocycles. The van der Waals surface area contributed by atoms with Crippen molar-refractivity contribution in [3.05, 3.63) is 42.0 Å². The summed E-state index contributed by atoms with van der Waals surface area (Å²) < 4.78 is 11.5. The standard InChI is InChI=1S/C19H25NO2/c1-21-19-11-7-14(17-4-2-3-5-18(17)19)6-8-15-9-10-16(22-15)12-13-20/h2-5,7,11,15-16H,6,8-10,12-13,20H2,1H3. The van der Waals surface area contributed by atoms with Crippen molar-refractivity contribution in [1.29, 1.82) is 0 Å². The third-order valence-corrected chi connectivity index (χ3v) is 4.61. The van der Waals surface area contributed by atoms with Crippen LogP contribution >= 0.6 is 0 Å². The molecule has 3 heteroatoms. The van der Waals surface area contributed by atoms with E-state index < -0.39 is 0 Å². The molecule has 3 nitrogen and oxygen atoms in total. The molecule has 1 aliphatic heterocycles. The Morgan fingerprint density at radius 3 is 2.50 bits per heavy atom. The number of hydrogen-bond donors (Lipinski definition) is 1. The van der Waals surface area contributed by atoms with E-state index in [9.17, 15) is 0 Å². The summed E-state index contributed by atoms with van der Waals surface area (Å²) in [4.78, 5) is 0. The summed E-state index contributed by atoms with van der Waals surface area (Å²) in [5.41, 5.74) is 6.99. The van der Waals surface area contributed by atoms with Crippen molar-refractivity contribution < 1.29 is 9.47 Å². The lowest BCUT2D eigenvalue weighted by Gasteiger charge is -2.14. The fraction of sp³-hybridized carbons (Fsp3) is 0.474. The van der Waals surface area contributed by atoms with Crippen molar-refractivity contribution in [2.75, 3.05) is 13.7 Å². The van der Waals surface area contributed by atoms with E-state index in [0.717, 1.165) is 38.0 Å². The number of methoxy groups -OCH3 is 1. The summed E-state index contributed by atoms with van der Waals surface area (Å²) in [7, 11) is 1.73. The van der Waals surface area contributed by atoms with Crippen molar-refractivity contribution in [2.45, 2.75) is 44.3 Å². The lowest BCUT2D eigenvalue weighted by Crippen LogP contribution is -2.15. The van der Waals surface area contributed by atoms with E-state index in [4.69, 9.17) is 15.2 Å². The van der Waals surface area contributed by atoms with E-state index in [1.165, 1.54) is 22.8 Å². The molecule has 2 aromatic rings. The first kappa shape index (κ1) is 15.3. The molecule has 2 aromatic carbocycles. The molecular weight excluding hydrogens is 274 g/mol. The zero-order valence-electron chi connectivity index (χ0n) is 13.3. The predicted octanol–water partition coefficient (Wildman–Crippen LogP) is 3.68. The fourth-order valence-electron chi connectivity index (χ4n) is 3.44. The van der Waals surface area contributed by atoms with Crippen LogP contribution in [0.2, 0.25) is 0 Å². The number of benzene rings is 2. The van der Waals surface area contributed by atoms with Crippen molar-refractivity contribution in [2.24, 2.45) is 5.73 Å². The van der Waals surface area contributed by atoms with Crippen LogP contribution in [0.3, 0.4) is 0 Å². The molecule has 0 radical (unpaired) electrons. The third-order valence-electron chi connectivity index (χ3n) is 4.61. The highest BCUT2D eigenvalue weighted by Crippen LogP contribution is 2.31. The molecule has 2 N–H and O–H groups in total. The highest BCUT2D eigenvalue weighted by molar-refractivity contribution is 5.91. The Bertz CT molecular complexity index is 626. The van der Waals surface area contributed by atoms with Crippen LogP contribution in [-0.2, 0) is 11.2 Å². The van der Waals surface area contributed by atoms with Gasteiger partial charge in [-0.15, -0.1) is 0 Å². The van der Waals surface area contributed by atoms with Crippen molar-refractivity contribution in [3.8, 4) is 5.75 Å². The van der Waals surface area contributed by atoms with Gasteiger partial charge < -0.3 is 15.2 Å². The Kier molecular flexibility index (Phi) is 4.96. The molecular formula is C19H25NO2. The van der Waals surface area contributed by atoms with Crippen molar-refractivity contribution in [3.63, 3.8) is 0 Å². The van der Waals surface area contributed by atoms with Gasteiger partial charge in [0.15, 0.2) is 0 Å². The molecule has 0 aromatic heterocycles. The van der Waals surface area contributed by atoms with Crippen LogP contribution in [0.15, 0.2) is 36.4 Å². The van der Waals surface area contributed by atoms with Crippen LogP contribution in [-0.4, -0.2) is 25.9 Å². The Balaban J connectivity index is 1.70. The summed E-state index contributed by atoms with van der Waals surface area (Å²) >= 11 is 0. The Morgan fingerprint density at radius 1 is 1.05 bits per heavy atom. The van der Waals surface area contributed by atoms with Crippen LogP contribution in [0.25, 0.3) is 10.8 Å². The Morgan fingerprint density at radius 2 is 1.77 bits per heavy atom. The van der Waals surface area contributed by atoms with E-state index in [1.807, 2.05) is 0 Å². The van der Waals surface area contributed by atoms with Gasteiger partial charge in [0.2, 0.25) is 0 Å². The van der Waals surface area contributed by atoms with Crippen molar-refractivity contribution in [1.82, 2.24) is 0 Å². The summed E-state index contributed by atoms with van der Waals surface area (Å²) in [6.07, 6.45) is 6.20. The molecule has 0 bridgehead atoms. The molecule has 118 valence electrons. The zero-order chi connectivity index (χ0) is 15.4. The van der Waals surface area contributed by atoms with Gasteiger partial charge in [-0.3, -0.25) is 0 Å². The van der Waals surface area contributed by atoms with Crippen LogP contribution in [0, 0.1) is 0 Å². The molecule has 0 spiro atoms. The zero-order valence-corrected chi connectivity index (χ0v) is 13.3. The van der Waals surface area contributed by atoms with Gasteiger partial charge in [0.05, 0.1) is 19.3 Å². The molecule has 1 aliphatic rings. The number of rotatable bonds is 6. The van der Waals surface area contributed by atoms with Gasteiger partial charge in [0.1, 0.15) is 5.75 Å². The monoisotopic (exact) mass is 299 g/mol. The van der Waals surface area contributed by atoms with Crippen LogP contribution in [0.1, 0.15) is 31.2 Å². The minimum atomic E-state index is 0.377. The second kappa shape index (κ2) is 7.12. The van der Waals surface area contributed by atoms with E-state index >= 15 is 0 Å². The van der Waals surface area contributed by atoms with E-state index in [-0.39, 0.29) is 0 Å². The topological polar surface area (TPSA) is 44.5 Å². The number of fused-ring (bicyclic) bond motifs is 1. The summed E-state index contributed by atoms with van der Waals surface area (Å²) in [5.74, 6) is 0.944. The molecule has 0 amide bonds. The maximum absolute atomic E-state index is 6.08. The van der Waals surface area contributed by atoms with Gasteiger partial charge in [-0.05, 0) is 55.7 Å². The van der Waals surface area contributed by atoms with Gasteiger partial charge in [0.25, 0.3) is 0 Å². The van der Waals surface area contributed by atoms with Gasteiger partial charge in [-0.25, -0.2) is 0 Å². The van der Waals surface area contributed by atoms with Crippen LogP contribution < -0.4 is 10.5 Å². The van der Waals surface area contributed by atoms with E-state index in [2.05, 4.69) is 36.4 Å². The second-order valence-corrected chi connectivity index (χ2v) is 6.05. The number of nitrogens with two attached hydrogens (primary N) is 1. The van der Waals surface area contributed by atoms with Gasteiger partial charge in [0, 0.05) is 5.39 Å². The summed E-state index contributed by atoms with van der Waals surface area (Å²) in [5, 5.41) is 2.48. The first-order valence-electron chi connectivity index (χ1n) is 8.22. The molecule has 1 heterocycles. The largest absolute Gasteiger partial charge is 0.496 e. The summed E-state index contributed by atoms with van der Waals surface area (Å²) in [6.45, 7) is 0.723. The second-order valence-electron chi connectivity index (χ2n) is 6.05. The first-order valence-corrected chi connectivity index (χ1v) is 8.22. The Hall–Kier alpha value is -1.58. The SMILES string of the molecule is COc1ccc(CCC2CCC(CCN)O2)c2ccccc12. The average molecular weight is 299 g/mol. The van der Waals surface area contributed by atoms with Crippen LogP contribution in [0.5, 0.6) is 5.75 Å². The minimum Gasteiger partial charge on any atom is -0.496 e. The fourth-order valence-corrected chi connectivity index (χ4v) is 3.44. The predicted molar refractivity (Wildman–Crippen MR) is 90.4 cm³/mol. The van der Waals surface area contributed by atoms with Gasteiger partial charge in [-0.1, -0.05) is 30.3 Å². The molecule has 22 heavy (non-hydrogen) atoms. The number of hydrogen-bond acceptors (Lipinski definition) is 3. The van der Waals surface area contributed by atoms with Crippen LogP contribution in [0.4, 0.5) is 0 Å². The lowest BCUT2D eigenvalue weighted by atomic mass is 9.98. The highest BCUT2D eigenvalue weighted by Gasteiger charge is 2.24. The molecule has 1 fully saturated rings. The highest BCUT2D eigenvalue weighted by atomic mass is 16.5. The molecule has 2 atom stereocenters. The number of aryl methyl sites for hydroxylation is 1. The molecule has 0 aliphatic carbocycles. The van der Waals surface area contributed by atoms with E-state index in [0.29, 0.717) is 12.2 Å². The quantitative estimate of drug-likeness (QED) is 0.885.